The lowest BCUT2D eigenvalue weighted by molar-refractivity contribution is 0.0702. The minimum atomic E-state index is -0.923. The van der Waals surface area contributed by atoms with E-state index in [2.05, 4.69) is 37.5 Å². The Balaban J connectivity index is 0.000000202. The summed E-state index contributed by atoms with van der Waals surface area (Å²) in [4.78, 5) is 16.0. The molecule has 0 saturated carbocycles. The van der Waals surface area contributed by atoms with E-state index in [1.54, 1.807) is 14.2 Å². The fraction of sp³-hybridized carbons (Fsp3) is 0.267. The molecule has 4 aromatic rings. The van der Waals surface area contributed by atoms with Gasteiger partial charge in [0.1, 0.15) is 4.88 Å². The zero-order chi connectivity index (χ0) is 26.2. The van der Waals surface area contributed by atoms with E-state index in [4.69, 9.17) is 9.47 Å². The Kier molecular flexibility index (Phi) is 9.25. The summed E-state index contributed by atoms with van der Waals surface area (Å²) in [6, 6.07) is 17.9. The van der Waals surface area contributed by atoms with Gasteiger partial charge >= 0.3 is 5.97 Å². The summed E-state index contributed by atoms with van der Waals surface area (Å²) in [6.45, 7) is 10.0. The summed E-state index contributed by atoms with van der Waals surface area (Å²) in [5.41, 5.74) is 4.03. The molecule has 1 atom stereocenters. The van der Waals surface area contributed by atoms with Crippen LogP contribution in [0.3, 0.4) is 0 Å². The first-order valence-electron chi connectivity index (χ1n) is 11.9. The van der Waals surface area contributed by atoms with E-state index in [1.165, 1.54) is 22.5 Å². The summed E-state index contributed by atoms with van der Waals surface area (Å²) >= 11 is 1.22. The van der Waals surface area contributed by atoms with Crippen molar-refractivity contribution in [1.29, 1.82) is 0 Å². The van der Waals surface area contributed by atoms with Gasteiger partial charge in [0.25, 0.3) is 0 Å². The average molecular weight is 504 g/mol. The second kappa shape index (κ2) is 12.4. The van der Waals surface area contributed by atoms with Crippen LogP contribution in [0.25, 0.3) is 22.0 Å². The number of hydrogen-bond donors (Lipinski definition) is 1. The van der Waals surface area contributed by atoms with E-state index in [9.17, 15) is 9.90 Å². The predicted octanol–water partition coefficient (Wildman–Crippen LogP) is 7.92. The van der Waals surface area contributed by atoms with Crippen molar-refractivity contribution in [2.75, 3.05) is 14.2 Å². The SMILES string of the molecule is C=CC(C)c1cc(OC)c(OC)cc1CCC.Cc1nc(-c2cccc3ccccc23)c(C(=O)O)s1. The second-order valence-electron chi connectivity index (χ2n) is 8.42. The van der Waals surface area contributed by atoms with Gasteiger partial charge in [-0.15, -0.1) is 17.9 Å². The smallest absolute Gasteiger partial charge is 0.348 e. The van der Waals surface area contributed by atoms with Crippen LogP contribution in [0.5, 0.6) is 11.5 Å². The number of aromatic nitrogens is 1. The Morgan fingerprint density at radius 2 is 1.78 bits per heavy atom. The van der Waals surface area contributed by atoms with Crippen molar-refractivity contribution in [3.63, 3.8) is 0 Å². The van der Waals surface area contributed by atoms with Gasteiger partial charge in [-0.3, -0.25) is 0 Å². The summed E-state index contributed by atoms with van der Waals surface area (Å²) in [5, 5.41) is 12.2. The summed E-state index contributed by atoms with van der Waals surface area (Å²) in [5.74, 6) is 0.997. The number of aryl methyl sites for hydroxylation is 2. The quantitative estimate of drug-likeness (QED) is 0.247. The Hall–Kier alpha value is -3.64. The molecule has 0 bridgehead atoms. The molecule has 1 N–H and O–H groups in total. The summed E-state index contributed by atoms with van der Waals surface area (Å²) in [7, 11) is 3.34. The van der Waals surface area contributed by atoms with Crippen LogP contribution in [0.4, 0.5) is 0 Å². The molecule has 0 radical (unpaired) electrons. The van der Waals surface area contributed by atoms with E-state index < -0.39 is 5.97 Å². The Labute approximate surface area is 217 Å². The van der Waals surface area contributed by atoms with Crippen LogP contribution in [-0.2, 0) is 6.42 Å². The zero-order valence-corrected chi connectivity index (χ0v) is 22.3. The van der Waals surface area contributed by atoms with Gasteiger partial charge in [0, 0.05) is 5.56 Å². The average Bonchev–Trinajstić information content (AvgIpc) is 3.30. The van der Waals surface area contributed by atoms with Crippen LogP contribution in [0.1, 0.15) is 52.0 Å². The highest BCUT2D eigenvalue weighted by Gasteiger charge is 2.18. The van der Waals surface area contributed by atoms with Gasteiger partial charge in [-0.25, -0.2) is 9.78 Å². The van der Waals surface area contributed by atoms with E-state index in [1.807, 2.05) is 55.5 Å². The number of fused-ring (bicyclic) bond motifs is 1. The highest BCUT2D eigenvalue weighted by atomic mass is 32.1. The van der Waals surface area contributed by atoms with Crippen molar-refractivity contribution in [2.45, 2.75) is 39.5 Å². The third-order valence-corrected chi connectivity index (χ3v) is 6.94. The van der Waals surface area contributed by atoms with Gasteiger partial charge in [-0.1, -0.05) is 68.8 Å². The molecule has 0 aliphatic rings. The molecule has 6 heteroatoms. The minimum Gasteiger partial charge on any atom is -0.493 e. The maximum atomic E-state index is 11.3. The predicted molar refractivity (Wildman–Crippen MR) is 149 cm³/mol. The minimum absolute atomic E-state index is 0.300. The molecule has 4 rings (SSSR count). The van der Waals surface area contributed by atoms with Gasteiger partial charge < -0.3 is 14.6 Å². The monoisotopic (exact) mass is 503 g/mol. The molecule has 0 aliphatic heterocycles. The maximum Gasteiger partial charge on any atom is 0.348 e. The molecule has 1 aromatic heterocycles. The Morgan fingerprint density at radius 3 is 2.42 bits per heavy atom. The zero-order valence-electron chi connectivity index (χ0n) is 21.5. The molecule has 0 spiro atoms. The van der Waals surface area contributed by atoms with Crippen LogP contribution in [0.2, 0.25) is 0 Å². The van der Waals surface area contributed by atoms with Crippen molar-refractivity contribution >= 4 is 28.1 Å². The number of aromatic carboxylic acids is 1. The number of thiazole rings is 1. The molecule has 0 saturated heterocycles. The maximum absolute atomic E-state index is 11.3. The molecule has 188 valence electrons. The van der Waals surface area contributed by atoms with E-state index in [-0.39, 0.29) is 0 Å². The number of benzene rings is 3. The highest BCUT2D eigenvalue weighted by Crippen LogP contribution is 2.35. The number of hydrogen-bond acceptors (Lipinski definition) is 5. The highest BCUT2D eigenvalue weighted by molar-refractivity contribution is 7.14. The van der Waals surface area contributed by atoms with Gasteiger partial charge in [0.2, 0.25) is 0 Å². The van der Waals surface area contributed by atoms with E-state index in [0.717, 1.165) is 45.7 Å². The lowest BCUT2D eigenvalue weighted by Crippen LogP contribution is -2.00. The number of nitrogens with zero attached hydrogens (tertiary/aromatic N) is 1. The molecule has 1 heterocycles. The second-order valence-corrected chi connectivity index (χ2v) is 9.63. The molecule has 0 amide bonds. The number of carboxylic acids is 1. The third-order valence-electron chi connectivity index (χ3n) is 5.98. The third kappa shape index (κ3) is 5.94. The van der Waals surface area contributed by atoms with E-state index in [0.29, 0.717) is 16.5 Å². The van der Waals surface area contributed by atoms with Gasteiger partial charge in [0.15, 0.2) is 11.5 Å². The van der Waals surface area contributed by atoms with Crippen molar-refractivity contribution in [3.8, 4) is 22.8 Å². The standard InChI is InChI=1S/C15H11NO2S.C15H22O2/c1-9-16-13(14(19-9)15(17)18)12-8-4-6-10-5-2-3-7-11(10)12;1-6-8-12-9-14(16-4)15(17-5)10-13(12)11(3)7-2/h2-8H,1H3,(H,17,18);7,9-11H,2,6,8H2,1,3-5H3. The summed E-state index contributed by atoms with van der Waals surface area (Å²) in [6.07, 6.45) is 4.13. The van der Waals surface area contributed by atoms with Crippen molar-refractivity contribution in [3.05, 3.63) is 88.3 Å². The number of methoxy groups -OCH3 is 2. The first-order chi connectivity index (χ1) is 17.3. The fourth-order valence-corrected chi connectivity index (χ4v) is 4.93. The molecule has 3 aromatic carbocycles. The number of ether oxygens (including phenoxy) is 2. The first-order valence-corrected chi connectivity index (χ1v) is 12.7. The number of carbonyl (C=O) groups is 1. The molecule has 36 heavy (non-hydrogen) atoms. The van der Waals surface area contributed by atoms with Crippen LogP contribution in [-0.4, -0.2) is 30.3 Å². The van der Waals surface area contributed by atoms with Crippen LogP contribution in [0, 0.1) is 6.92 Å². The molecule has 1 unspecified atom stereocenters. The van der Waals surface area contributed by atoms with Gasteiger partial charge in [-0.2, -0.15) is 0 Å². The lowest BCUT2D eigenvalue weighted by Gasteiger charge is -2.17. The molecular weight excluding hydrogens is 470 g/mol. The topological polar surface area (TPSA) is 68.7 Å². The Bertz CT molecular complexity index is 1350. The van der Waals surface area contributed by atoms with Crippen LogP contribution >= 0.6 is 11.3 Å². The molecule has 0 fully saturated rings. The fourth-order valence-electron chi connectivity index (χ4n) is 4.16. The van der Waals surface area contributed by atoms with Crippen molar-refractivity contribution in [2.24, 2.45) is 0 Å². The van der Waals surface area contributed by atoms with Gasteiger partial charge in [0.05, 0.1) is 24.9 Å². The lowest BCUT2D eigenvalue weighted by atomic mass is 9.93. The normalized spacial score (nSPS) is 11.4. The summed E-state index contributed by atoms with van der Waals surface area (Å²) < 4.78 is 10.7. The van der Waals surface area contributed by atoms with Crippen molar-refractivity contribution in [1.82, 2.24) is 4.98 Å². The first kappa shape index (κ1) is 27.0. The Morgan fingerprint density at radius 1 is 1.11 bits per heavy atom. The largest absolute Gasteiger partial charge is 0.493 e. The number of rotatable bonds is 8. The number of carboxylic acid groups (broad SMARTS) is 1. The van der Waals surface area contributed by atoms with E-state index >= 15 is 0 Å². The molecular formula is C30H33NO4S. The number of allylic oxidation sites excluding steroid dienone is 1. The van der Waals surface area contributed by atoms with Crippen LogP contribution < -0.4 is 9.47 Å². The molecule has 5 nitrogen and oxygen atoms in total. The molecule has 0 aliphatic carbocycles. The van der Waals surface area contributed by atoms with Crippen molar-refractivity contribution < 1.29 is 19.4 Å². The van der Waals surface area contributed by atoms with Crippen LogP contribution in [0.15, 0.2) is 67.3 Å². The van der Waals surface area contributed by atoms with Gasteiger partial charge in [-0.05, 0) is 53.3 Å².